The third-order valence-electron chi connectivity index (χ3n) is 2.41. The normalized spacial score (nSPS) is 12.5. The van der Waals surface area contributed by atoms with Crippen LogP contribution in [0.25, 0.3) is 0 Å². The van der Waals surface area contributed by atoms with E-state index in [1.54, 1.807) is 7.11 Å². The van der Waals surface area contributed by atoms with E-state index in [9.17, 15) is 5.11 Å². The van der Waals surface area contributed by atoms with Gasteiger partial charge in [0.15, 0.2) is 11.5 Å². The Kier molecular flexibility index (Phi) is 4.70. The summed E-state index contributed by atoms with van der Waals surface area (Å²) in [5.41, 5.74) is 2.10. The van der Waals surface area contributed by atoms with Gasteiger partial charge in [-0.15, -0.1) is 0 Å². The molecule has 0 saturated heterocycles. The number of aryl methyl sites for hydroxylation is 1. The molecule has 0 aliphatic carbocycles. The first-order valence-electron chi connectivity index (χ1n) is 5.11. The fourth-order valence-electron chi connectivity index (χ4n) is 1.53. The SMILES string of the molecule is CCCC(I)c1cc(C)c(O)c(OC)c1. The topological polar surface area (TPSA) is 29.5 Å². The highest BCUT2D eigenvalue weighted by atomic mass is 127. The first-order chi connectivity index (χ1) is 7.10. The summed E-state index contributed by atoms with van der Waals surface area (Å²) in [5.74, 6) is 0.823. The maximum absolute atomic E-state index is 9.71. The van der Waals surface area contributed by atoms with Gasteiger partial charge < -0.3 is 9.84 Å². The number of phenolic OH excluding ortho intramolecular Hbond substituents is 1. The Morgan fingerprint density at radius 3 is 2.67 bits per heavy atom. The molecule has 2 nitrogen and oxygen atoms in total. The van der Waals surface area contributed by atoms with Gasteiger partial charge >= 0.3 is 0 Å². The third kappa shape index (κ3) is 3.00. The number of alkyl halides is 1. The highest BCUT2D eigenvalue weighted by Gasteiger charge is 2.12. The van der Waals surface area contributed by atoms with E-state index < -0.39 is 0 Å². The molecular formula is C12H17IO2. The van der Waals surface area contributed by atoms with E-state index in [0.717, 1.165) is 18.4 Å². The van der Waals surface area contributed by atoms with E-state index >= 15 is 0 Å². The molecule has 0 spiro atoms. The highest BCUT2D eigenvalue weighted by molar-refractivity contribution is 14.1. The summed E-state index contributed by atoms with van der Waals surface area (Å²) in [6, 6.07) is 3.96. The molecule has 0 aromatic heterocycles. The summed E-state index contributed by atoms with van der Waals surface area (Å²) in [6.45, 7) is 4.08. The minimum atomic E-state index is 0.251. The van der Waals surface area contributed by atoms with Crippen LogP contribution in [0.2, 0.25) is 0 Å². The lowest BCUT2D eigenvalue weighted by Crippen LogP contribution is -1.93. The fourth-order valence-corrected chi connectivity index (χ4v) is 2.51. The Morgan fingerprint density at radius 1 is 1.47 bits per heavy atom. The van der Waals surface area contributed by atoms with Gasteiger partial charge in [-0.05, 0) is 30.5 Å². The molecule has 1 N–H and O–H groups in total. The van der Waals surface area contributed by atoms with Crippen molar-refractivity contribution < 1.29 is 9.84 Å². The van der Waals surface area contributed by atoms with E-state index in [-0.39, 0.29) is 5.75 Å². The summed E-state index contributed by atoms with van der Waals surface area (Å²) in [7, 11) is 1.58. The lowest BCUT2D eigenvalue weighted by Gasteiger charge is -2.13. The zero-order valence-corrected chi connectivity index (χ0v) is 11.5. The summed E-state index contributed by atoms with van der Waals surface area (Å²) in [4.78, 5) is 0. The van der Waals surface area contributed by atoms with Gasteiger partial charge in [-0.25, -0.2) is 0 Å². The van der Waals surface area contributed by atoms with E-state index in [1.165, 1.54) is 5.56 Å². The molecule has 0 heterocycles. The molecule has 1 aromatic carbocycles. The second-order valence-corrected chi connectivity index (χ2v) is 5.15. The molecule has 0 radical (unpaired) electrons. The van der Waals surface area contributed by atoms with Gasteiger partial charge in [-0.2, -0.15) is 0 Å². The summed E-state index contributed by atoms with van der Waals surface area (Å²) in [5, 5.41) is 9.71. The van der Waals surface area contributed by atoms with Crippen molar-refractivity contribution in [1.29, 1.82) is 0 Å². The van der Waals surface area contributed by atoms with Crippen molar-refractivity contribution in [3.63, 3.8) is 0 Å². The highest BCUT2D eigenvalue weighted by Crippen LogP contribution is 2.37. The summed E-state index contributed by atoms with van der Waals surface area (Å²) >= 11 is 2.43. The molecule has 0 saturated carbocycles. The average molecular weight is 320 g/mol. The van der Waals surface area contributed by atoms with Crippen LogP contribution < -0.4 is 4.74 Å². The zero-order valence-electron chi connectivity index (χ0n) is 9.38. The van der Waals surface area contributed by atoms with Crippen LogP contribution in [0.4, 0.5) is 0 Å². The number of aromatic hydroxyl groups is 1. The molecule has 0 aliphatic heterocycles. The van der Waals surface area contributed by atoms with Gasteiger partial charge in [-0.1, -0.05) is 42.0 Å². The third-order valence-corrected chi connectivity index (χ3v) is 3.75. The molecule has 1 atom stereocenters. The van der Waals surface area contributed by atoms with Crippen LogP contribution in [0.1, 0.15) is 34.8 Å². The fraction of sp³-hybridized carbons (Fsp3) is 0.500. The van der Waals surface area contributed by atoms with E-state index in [2.05, 4.69) is 29.5 Å². The first-order valence-corrected chi connectivity index (χ1v) is 6.36. The summed E-state index contributed by atoms with van der Waals surface area (Å²) in [6.07, 6.45) is 2.31. The van der Waals surface area contributed by atoms with Crippen LogP contribution in [-0.2, 0) is 0 Å². The largest absolute Gasteiger partial charge is 0.504 e. The van der Waals surface area contributed by atoms with E-state index in [1.807, 2.05) is 19.1 Å². The first kappa shape index (κ1) is 12.6. The maximum atomic E-state index is 9.71. The molecule has 1 unspecified atom stereocenters. The number of ether oxygens (including phenoxy) is 1. The Bertz CT molecular complexity index is 337. The van der Waals surface area contributed by atoms with E-state index in [4.69, 9.17) is 4.74 Å². The van der Waals surface area contributed by atoms with Gasteiger partial charge in [0.25, 0.3) is 0 Å². The van der Waals surface area contributed by atoms with Crippen molar-refractivity contribution in [3.8, 4) is 11.5 Å². The standard InChI is InChI=1S/C12H17IO2/c1-4-5-10(13)9-6-8(2)12(14)11(7-9)15-3/h6-7,10,14H,4-5H2,1-3H3. The second kappa shape index (κ2) is 5.58. The van der Waals surface area contributed by atoms with Crippen molar-refractivity contribution in [2.45, 2.75) is 30.6 Å². The molecule has 0 fully saturated rings. The van der Waals surface area contributed by atoms with Gasteiger partial charge in [0, 0.05) is 3.92 Å². The van der Waals surface area contributed by atoms with Crippen molar-refractivity contribution in [2.24, 2.45) is 0 Å². The predicted molar refractivity (Wildman–Crippen MR) is 71.1 cm³/mol. The molecule has 84 valence electrons. The van der Waals surface area contributed by atoms with Gasteiger partial charge in [0.05, 0.1) is 7.11 Å². The van der Waals surface area contributed by atoms with E-state index in [0.29, 0.717) is 9.67 Å². The van der Waals surface area contributed by atoms with Gasteiger partial charge in [0.1, 0.15) is 0 Å². The lowest BCUT2D eigenvalue weighted by molar-refractivity contribution is 0.371. The number of phenols is 1. The van der Waals surface area contributed by atoms with Gasteiger partial charge in [-0.3, -0.25) is 0 Å². The maximum Gasteiger partial charge on any atom is 0.161 e. The second-order valence-electron chi connectivity index (χ2n) is 3.64. The lowest BCUT2D eigenvalue weighted by atomic mass is 10.0. The number of halogens is 1. The molecule has 15 heavy (non-hydrogen) atoms. The average Bonchev–Trinajstić information content (AvgIpc) is 2.22. The van der Waals surface area contributed by atoms with Crippen LogP contribution in [0, 0.1) is 6.92 Å². The molecule has 0 amide bonds. The number of benzene rings is 1. The Labute approximate surface area is 105 Å². The molecule has 1 rings (SSSR count). The number of methoxy groups -OCH3 is 1. The molecule has 3 heteroatoms. The molecule has 0 aliphatic rings. The summed E-state index contributed by atoms with van der Waals surface area (Å²) < 4.78 is 5.63. The minimum Gasteiger partial charge on any atom is -0.504 e. The Balaban J connectivity index is 3.05. The van der Waals surface area contributed by atoms with Crippen molar-refractivity contribution in [3.05, 3.63) is 23.3 Å². The molecule has 1 aromatic rings. The smallest absolute Gasteiger partial charge is 0.161 e. The van der Waals surface area contributed by atoms with Crippen molar-refractivity contribution in [2.75, 3.05) is 7.11 Å². The van der Waals surface area contributed by atoms with Crippen LogP contribution >= 0.6 is 22.6 Å². The van der Waals surface area contributed by atoms with Crippen molar-refractivity contribution >= 4 is 22.6 Å². The minimum absolute atomic E-state index is 0.251. The number of hydrogen-bond donors (Lipinski definition) is 1. The molecular weight excluding hydrogens is 303 g/mol. The van der Waals surface area contributed by atoms with Crippen LogP contribution in [0.5, 0.6) is 11.5 Å². The van der Waals surface area contributed by atoms with Crippen molar-refractivity contribution in [1.82, 2.24) is 0 Å². The van der Waals surface area contributed by atoms with Crippen LogP contribution in [-0.4, -0.2) is 12.2 Å². The number of rotatable bonds is 4. The van der Waals surface area contributed by atoms with Gasteiger partial charge in [0.2, 0.25) is 0 Å². The predicted octanol–water partition coefficient (Wildman–Crippen LogP) is 3.99. The Morgan fingerprint density at radius 2 is 2.13 bits per heavy atom. The molecule has 0 bridgehead atoms. The zero-order chi connectivity index (χ0) is 11.4. The number of hydrogen-bond acceptors (Lipinski definition) is 2. The quantitative estimate of drug-likeness (QED) is 0.671. The Hall–Kier alpha value is -0.450. The van der Waals surface area contributed by atoms with Crippen LogP contribution in [0.15, 0.2) is 12.1 Å². The van der Waals surface area contributed by atoms with Crippen LogP contribution in [0.3, 0.4) is 0 Å². The monoisotopic (exact) mass is 320 g/mol.